The molecule has 0 unspecified atom stereocenters. The largest absolute Gasteiger partial charge is 0.465 e. The molecule has 1 amide bonds. The second-order valence-electron chi connectivity index (χ2n) is 3.72. The molecule has 19 heavy (non-hydrogen) atoms. The van der Waals surface area contributed by atoms with E-state index in [1.165, 1.54) is 17.6 Å². The highest BCUT2D eigenvalue weighted by atomic mass is 32.1. The van der Waals surface area contributed by atoms with E-state index >= 15 is 0 Å². The van der Waals surface area contributed by atoms with Crippen LogP contribution < -0.4 is 5.43 Å². The lowest BCUT2D eigenvalue weighted by Gasteiger charge is -1.95. The topological polar surface area (TPSA) is 67.5 Å². The Morgan fingerprint density at radius 2 is 2.53 bits per heavy atom. The van der Waals surface area contributed by atoms with Crippen LogP contribution in [-0.2, 0) is 11.2 Å². The van der Waals surface area contributed by atoms with E-state index in [1.807, 2.05) is 18.4 Å². The van der Waals surface area contributed by atoms with Crippen molar-refractivity contribution in [2.24, 2.45) is 5.10 Å². The normalized spacial score (nSPS) is 11.4. The molecule has 2 aromatic rings. The molecule has 0 atom stereocenters. The summed E-state index contributed by atoms with van der Waals surface area (Å²) in [7, 11) is 0. The lowest BCUT2D eigenvalue weighted by molar-refractivity contribution is -0.120. The van der Waals surface area contributed by atoms with Gasteiger partial charge in [0.05, 0.1) is 23.4 Å². The molecule has 0 saturated heterocycles. The Kier molecular flexibility index (Phi) is 4.63. The van der Waals surface area contributed by atoms with Gasteiger partial charge in [0.25, 0.3) is 0 Å². The molecule has 0 saturated carbocycles. The third kappa shape index (κ3) is 4.51. The standard InChI is InChI=1S/C13H13N3O2S/c1-10-15-11(9-19-10)8-13(17)16-14-6-2-4-12-5-3-7-18-12/h2-7,9H,8H2,1H3,(H,16,17)/b4-2+,14-6?. The third-order valence-electron chi connectivity index (χ3n) is 2.16. The SMILES string of the molecule is Cc1nc(CC(=O)NN=C/C=C/c2ccco2)cs1. The first-order chi connectivity index (χ1) is 9.24. The van der Waals surface area contributed by atoms with Gasteiger partial charge >= 0.3 is 0 Å². The summed E-state index contributed by atoms with van der Waals surface area (Å²) >= 11 is 1.53. The summed E-state index contributed by atoms with van der Waals surface area (Å²) in [6.07, 6.45) is 6.76. The van der Waals surface area contributed by atoms with Gasteiger partial charge in [-0.15, -0.1) is 11.3 Å². The van der Waals surface area contributed by atoms with Crippen LogP contribution in [0, 0.1) is 6.92 Å². The van der Waals surface area contributed by atoms with E-state index in [9.17, 15) is 4.79 Å². The maximum atomic E-state index is 11.5. The number of hydrazone groups is 1. The smallest absolute Gasteiger partial charge is 0.246 e. The Labute approximate surface area is 114 Å². The van der Waals surface area contributed by atoms with Gasteiger partial charge in [-0.25, -0.2) is 10.4 Å². The highest BCUT2D eigenvalue weighted by Crippen LogP contribution is 2.08. The van der Waals surface area contributed by atoms with E-state index in [0.29, 0.717) is 0 Å². The van der Waals surface area contributed by atoms with Crippen molar-refractivity contribution in [2.45, 2.75) is 13.3 Å². The van der Waals surface area contributed by atoms with Crippen LogP contribution in [0.4, 0.5) is 0 Å². The molecule has 0 aliphatic carbocycles. The average Bonchev–Trinajstić information content (AvgIpc) is 3.01. The number of aryl methyl sites for hydroxylation is 1. The van der Waals surface area contributed by atoms with Crippen LogP contribution in [0.2, 0.25) is 0 Å². The van der Waals surface area contributed by atoms with Crippen LogP contribution in [0.5, 0.6) is 0 Å². The maximum absolute atomic E-state index is 11.5. The fourth-order valence-electron chi connectivity index (χ4n) is 1.37. The van der Waals surface area contributed by atoms with Gasteiger partial charge in [0.15, 0.2) is 0 Å². The van der Waals surface area contributed by atoms with Crippen LogP contribution in [0.15, 0.2) is 39.4 Å². The molecule has 0 fully saturated rings. The van der Waals surface area contributed by atoms with Gasteiger partial charge in [0, 0.05) is 11.6 Å². The predicted molar refractivity (Wildman–Crippen MR) is 74.9 cm³/mol. The quantitative estimate of drug-likeness (QED) is 0.673. The van der Waals surface area contributed by atoms with Crippen LogP contribution in [-0.4, -0.2) is 17.1 Å². The molecular formula is C13H13N3O2S. The Hall–Kier alpha value is -2.21. The number of hydrogen-bond donors (Lipinski definition) is 1. The molecule has 1 N–H and O–H groups in total. The summed E-state index contributed by atoms with van der Waals surface area (Å²) in [4.78, 5) is 15.7. The maximum Gasteiger partial charge on any atom is 0.246 e. The summed E-state index contributed by atoms with van der Waals surface area (Å²) in [5.74, 6) is 0.545. The van der Waals surface area contributed by atoms with Crippen LogP contribution in [0.3, 0.4) is 0 Å². The number of hydrogen-bond acceptors (Lipinski definition) is 5. The molecule has 0 spiro atoms. The Balaban J connectivity index is 1.74. The Morgan fingerprint density at radius 3 is 3.21 bits per heavy atom. The monoisotopic (exact) mass is 275 g/mol. The number of aromatic nitrogens is 1. The molecule has 0 bridgehead atoms. The van der Waals surface area contributed by atoms with Crippen molar-refractivity contribution >= 4 is 29.5 Å². The van der Waals surface area contributed by atoms with Crippen molar-refractivity contribution in [1.82, 2.24) is 10.4 Å². The third-order valence-corrected chi connectivity index (χ3v) is 2.98. The van der Waals surface area contributed by atoms with E-state index in [2.05, 4.69) is 15.5 Å². The molecule has 0 aliphatic heterocycles. The minimum absolute atomic E-state index is 0.187. The first kappa shape index (κ1) is 13.2. The first-order valence-electron chi connectivity index (χ1n) is 5.67. The molecule has 2 heterocycles. The minimum atomic E-state index is -0.187. The molecule has 98 valence electrons. The summed E-state index contributed by atoms with van der Waals surface area (Å²) < 4.78 is 5.10. The van der Waals surface area contributed by atoms with E-state index in [1.54, 1.807) is 24.5 Å². The van der Waals surface area contributed by atoms with E-state index in [4.69, 9.17) is 4.42 Å². The van der Waals surface area contributed by atoms with E-state index < -0.39 is 0 Å². The number of thiazole rings is 1. The molecular weight excluding hydrogens is 262 g/mol. The van der Waals surface area contributed by atoms with E-state index in [0.717, 1.165) is 16.5 Å². The number of nitrogens with zero attached hydrogens (tertiary/aromatic N) is 2. The number of carbonyl (C=O) groups excluding carboxylic acids is 1. The Bertz CT molecular complexity index is 585. The van der Waals surface area contributed by atoms with Crippen LogP contribution in [0.25, 0.3) is 6.08 Å². The van der Waals surface area contributed by atoms with Gasteiger partial charge in [0.2, 0.25) is 5.91 Å². The van der Waals surface area contributed by atoms with Gasteiger partial charge in [-0.3, -0.25) is 4.79 Å². The highest BCUT2D eigenvalue weighted by Gasteiger charge is 2.04. The van der Waals surface area contributed by atoms with Gasteiger partial charge < -0.3 is 4.42 Å². The van der Waals surface area contributed by atoms with Crippen LogP contribution in [0.1, 0.15) is 16.5 Å². The minimum Gasteiger partial charge on any atom is -0.465 e. The lowest BCUT2D eigenvalue weighted by atomic mass is 10.3. The van der Waals surface area contributed by atoms with Crippen molar-refractivity contribution in [3.05, 3.63) is 46.3 Å². The van der Waals surface area contributed by atoms with Crippen LogP contribution >= 0.6 is 11.3 Å². The zero-order valence-electron chi connectivity index (χ0n) is 10.4. The zero-order valence-corrected chi connectivity index (χ0v) is 11.2. The average molecular weight is 275 g/mol. The molecule has 0 radical (unpaired) electrons. The fraction of sp³-hybridized carbons (Fsp3) is 0.154. The summed E-state index contributed by atoms with van der Waals surface area (Å²) in [6.45, 7) is 1.91. The second kappa shape index (κ2) is 6.65. The number of carbonyl (C=O) groups is 1. The molecule has 6 heteroatoms. The zero-order chi connectivity index (χ0) is 13.5. The van der Waals surface area contributed by atoms with Crippen molar-refractivity contribution in [1.29, 1.82) is 0 Å². The number of amides is 1. The summed E-state index contributed by atoms with van der Waals surface area (Å²) in [5.41, 5.74) is 3.20. The van der Waals surface area contributed by atoms with Gasteiger partial charge in [-0.2, -0.15) is 5.10 Å². The molecule has 0 aliphatic rings. The molecule has 0 aromatic carbocycles. The van der Waals surface area contributed by atoms with E-state index in [-0.39, 0.29) is 12.3 Å². The molecule has 2 rings (SSSR count). The lowest BCUT2D eigenvalue weighted by Crippen LogP contribution is -2.19. The van der Waals surface area contributed by atoms with Crippen molar-refractivity contribution in [3.8, 4) is 0 Å². The highest BCUT2D eigenvalue weighted by molar-refractivity contribution is 7.09. The summed E-state index contributed by atoms with van der Waals surface area (Å²) in [5, 5.41) is 6.62. The summed E-state index contributed by atoms with van der Waals surface area (Å²) in [6, 6.07) is 3.63. The fourth-order valence-corrected chi connectivity index (χ4v) is 1.98. The Morgan fingerprint density at radius 1 is 1.63 bits per heavy atom. The second-order valence-corrected chi connectivity index (χ2v) is 4.78. The molecule has 2 aromatic heterocycles. The number of furan rings is 1. The number of allylic oxidation sites excluding steroid dienone is 1. The van der Waals surface area contributed by atoms with Crippen molar-refractivity contribution in [2.75, 3.05) is 0 Å². The number of nitrogens with one attached hydrogen (secondary N) is 1. The first-order valence-corrected chi connectivity index (χ1v) is 6.55. The number of rotatable bonds is 5. The van der Waals surface area contributed by atoms with Crippen molar-refractivity contribution < 1.29 is 9.21 Å². The van der Waals surface area contributed by atoms with Gasteiger partial charge in [0.1, 0.15) is 5.76 Å². The van der Waals surface area contributed by atoms with Crippen molar-refractivity contribution in [3.63, 3.8) is 0 Å². The van der Waals surface area contributed by atoms with Gasteiger partial charge in [-0.1, -0.05) is 0 Å². The molecule has 5 nitrogen and oxygen atoms in total. The predicted octanol–water partition coefficient (Wildman–Crippen LogP) is 2.40. The van der Waals surface area contributed by atoms with Gasteiger partial charge in [-0.05, 0) is 31.2 Å².